The first-order valence-corrected chi connectivity index (χ1v) is 15.1. The smallest absolute Gasteiger partial charge is 0.305 e. The predicted molar refractivity (Wildman–Crippen MR) is 144 cm³/mol. The normalized spacial score (nSPS) is 12.1. The zero-order chi connectivity index (χ0) is 28.4. The van der Waals surface area contributed by atoms with Gasteiger partial charge in [0.2, 0.25) is 11.0 Å². The van der Waals surface area contributed by atoms with Crippen LogP contribution in [0.4, 0.5) is 0 Å². The van der Waals surface area contributed by atoms with Gasteiger partial charge in [-0.2, -0.15) is 13.0 Å². The number of benzene rings is 3. The third-order valence-corrected chi connectivity index (χ3v) is 8.89. The van der Waals surface area contributed by atoms with Crippen molar-refractivity contribution in [3.8, 4) is 0 Å². The number of aryl methyl sites for hydroxylation is 2. The topological polar surface area (TPSA) is 150 Å². The minimum absolute atomic E-state index is 0.0771. The molecular weight excluding hydrogens is 544 g/mol. The second-order valence-electron chi connectivity index (χ2n) is 9.04. The molecule has 0 spiro atoms. The van der Waals surface area contributed by atoms with E-state index in [-0.39, 0.29) is 23.4 Å². The Kier molecular flexibility index (Phi) is 8.00. The largest absolute Gasteiger partial charge is 0.481 e. The van der Waals surface area contributed by atoms with E-state index in [0.29, 0.717) is 26.1 Å². The minimum Gasteiger partial charge on any atom is -0.481 e. The summed E-state index contributed by atoms with van der Waals surface area (Å²) >= 11 is 0. The number of carboxylic acid groups (broad SMARTS) is 1. The van der Waals surface area contributed by atoms with Crippen LogP contribution in [0.3, 0.4) is 0 Å². The lowest BCUT2D eigenvalue weighted by atomic mass is 10.0. The van der Waals surface area contributed by atoms with E-state index in [1.165, 1.54) is 12.1 Å². The fraction of sp³-hybridized carbons (Fsp3) is 0.222. The fourth-order valence-corrected chi connectivity index (χ4v) is 6.35. The first kappa shape index (κ1) is 28.1. The number of hydrogen-bond acceptors (Lipinski definition) is 6. The maximum Gasteiger partial charge on any atom is 0.305 e. The Labute approximate surface area is 225 Å². The molecule has 204 valence electrons. The monoisotopic (exact) mass is 571 g/mol. The van der Waals surface area contributed by atoms with Gasteiger partial charge < -0.3 is 5.11 Å². The highest BCUT2D eigenvalue weighted by molar-refractivity contribution is 7.89. The van der Waals surface area contributed by atoms with Gasteiger partial charge in [-0.1, -0.05) is 42.0 Å². The summed E-state index contributed by atoms with van der Waals surface area (Å²) in [5.74, 6) is -2.60. The van der Waals surface area contributed by atoms with E-state index in [0.717, 1.165) is 5.56 Å². The van der Waals surface area contributed by atoms with Crippen LogP contribution in [0.2, 0.25) is 0 Å². The molecule has 0 bridgehead atoms. The maximum atomic E-state index is 14.2. The van der Waals surface area contributed by atoms with Gasteiger partial charge in [-0.3, -0.25) is 14.1 Å². The number of pyridine rings is 1. The lowest BCUT2D eigenvalue weighted by Gasteiger charge is -2.23. The molecule has 1 amide bonds. The van der Waals surface area contributed by atoms with Crippen molar-refractivity contribution in [2.24, 2.45) is 0 Å². The van der Waals surface area contributed by atoms with Crippen molar-refractivity contribution in [1.29, 1.82) is 0 Å². The number of carbonyl (C=O) groups excluding carboxylic acids is 1. The molecule has 0 radical (unpaired) electrons. The van der Waals surface area contributed by atoms with Crippen LogP contribution in [0.15, 0.2) is 77.7 Å². The number of nitrogens with zero attached hydrogens (tertiary/aromatic N) is 2. The second-order valence-corrected chi connectivity index (χ2v) is 12.5. The average Bonchev–Trinajstić information content (AvgIpc) is 2.87. The minimum atomic E-state index is -4.42. The number of aliphatic carboxylic acids is 1. The molecule has 0 fully saturated rings. The number of amides is 1. The summed E-state index contributed by atoms with van der Waals surface area (Å²) in [6.07, 6.45) is -0.494. The molecule has 0 saturated carbocycles. The van der Waals surface area contributed by atoms with Crippen LogP contribution < -0.4 is 4.57 Å². The summed E-state index contributed by atoms with van der Waals surface area (Å²) in [7, 11) is -8.60. The van der Waals surface area contributed by atoms with Gasteiger partial charge in [0.15, 0.2) is 6.54 Å². The predicted octanol–water partition coefficient (Wildman–Crippen LogP) is 3.17. The molecule has 0 unspecified atom stereocenters. The third kappa shape index (κ3) is 6.08. The van der Waals surface area contributed by atoms with Gasteiger partial charge in [0.05, 0.1) is 33.4 Å². The maximum absolute atomic E-state index is 14.2. The molecule has 4 rings (SSSR count). The summed E-state index contributed by atoms with van der Waals surface area (Å²) in [5, 5.41) is 10.1. The lowest BCUT2D eigenvalue weighted by Crippen LogP contribution is -2.41. The lowest BCUT2D eigenvalue weighted by molar-refractivity contribution is -0.645. The standard InChI is InChI=1S/C27H26N2O8S2/c1-19-11-13-20(14-12-19)39(36,37)29(17-15-25(30)31)27(32)26-21-7-2-4-9-23(21)28(16-6-18-38(33,34)35)24-10-5-3-8-22(24)26/h2-5,7-14H,6,15-18H2,1H3,(H-,30,31,33,34,35)/p+1. The first-order chi connectivity index (χ1) is 18.4. The van der Waals surface area contributed by atoms with Gasteiger partial charge in [-0.15, -0.1) is 0 Å². The number of hydrogen-bond donors (Lipinski definition) is 2. The van der Waals surface area contributed by atoms with Crippen molar-refractivity contribution >= 4 is 53.8 Å². The molecule has 1 heterocycles. The van der Waals surface area contributed by atoms with Crippen LogP contribution in [0, 0.1) is 6.92 Å². The zero-order valence-electron chi connectivity index (χ0n) is 21.0. The highest BCUT2D eigenvalue weighted by Gasteiger charge is 2.34. The van der Waals surface area contributed by atoms with Gasteiger partial charge in [-0.25, -0.2) is 12.7 Å². The summed E-state index contributed by atoms with van der Waals surface area (Å²) in [4.78, 5) is 25.4. The Morgan fingerprint density at radius 3 is 1.90 bits per heavy atom. The highest BCUT2D eigenvalue weighted by Crippen LogP contribution is 2.29. The Hall–Kier alpha value is -3.87. The molecule has 2 N–H and O–H groups in total. The van der Waals surface area contributed by atoms with Crippen LogP contribution in [0.1, 0.15) is 28.8 Å². The number of sulfonamides is 1. The summed E-state index contributed by atoms with van der Waals surface area (Å²) in [6.45, 7) is 1.41. The van der Waals surface area contributed by atoms with E-state index < -0.39 is 50.7 Å². The summed E-state index contributed by atoms with van der Waals surface area (Å²) in [6, 6.07) is 19.5. The van der Waals surface area contributed by atoms with E-state index in [1.54, 1.807) is 67.6 Å². The van der Waals surface area contributed by atoms with E-state index in [4.69, 9.17) is 0 Å². The van der Waals surface area contributed by atoms with Crippen LogP contribution in [0.5, 0.6) is 0 Å². The number of carbonyl (C=O) groups is 2. The quantitative estimate of drug-likeness (QED) is 0.167. The Morgan fingerprint density at radius 1 is 0.846 bits per heavy atom. The van der Waals surface area contributed by atoms with Crippen molar-refractivity contribution in [2.45, 2.75) is 31.2 Å². The van der Waals surface area contributed by atoms with E-state index in [2.05, 4.69) is 0 Å². The van der Waals surface area contributed by atoms with Crippen molar-refractivity contribution in [3.05, 3.63) is 83.9 Å². The Morgan fingerprint density at radius 2 is 1.38 bits per heavy atom. The number of fused-ring (bicyclic) bond motifs is 2. The molecule has 0 aliphatic heterocycles. The number of rotatable bonds is 10. The third-order valence-electron chi connectivity index (χ3n) is 6.29. The van der Waals surface area contributed by atoms with Gasteiger partial charge in [0.25, 0.3) is 26.0 Å². The molecule has 0 aliphatic carbocycles. The van der Waals surface area contributed by atoms with Gasteiger partial charge in [-0.05, 0) is 31.2 Å². The second kappa shape index (κ2) is 11.1. The first-order valence-electron chi connectivity index (χ1n) is 12.0. The number of para-hydroxylation sites is 2. The summed E-state index contributed by atoms with van der Waals surface area (Å²) < 4.78 is 61.5. The molecule has 3 aromatic carbocycles. The van der Waals surface area contributed by atoms with Gasteiger partial charge >= 0.3 is 5.97 Å². The molecule has 39 heavy (non-hydrogen) atoms. The number of carboxylic acids is 1. The van der Waals surface area contributed by atoms with Crippen LogP contribution in [0.25, 0.3) is 21.8 Å². The van der Waals surface area contributed by atoms with Crippen LogP contribution in [-0.2, 0) is 31.5 Å². The fourth-order valence-electron chi connectivity index (χ4n) is 4.48. The molecule has 0 atom stereocenters. The highest BCUT2D eigenvalue weighted by atomic mass is 32.2. The molecule has 4 aromatic rings. The molecular formula is C27H27N2O8S2+. The molecule has 10 nitrogen and oxygen atoms in total. The molecule has 0 saturated heterocycles. The number of aromatic nitrogens is 1. The van der Waals surface area contributed by atoms with Crippen molar-refractivity contribution in [1.82, 2.24) is 4.31 Å². The van der Waals surface area contributed by atoms with Gasteiger partial charge in [0.1, 0.15) is 0 Å². The van der Waals surface area contributed by atoms with E-state index in [9.17, 15) is 36.1 Å². The van der Waals surface area contributed by atoms with E-state index in [1.807, 2.05) is 4.57 Å². The molecule has 1 aromatic heterocycles. The van der Waals surface area contributed by atoms with Crippen molar-refractivity contribution in [2.75, 3.05) is 12.3 Å². The molecule has 0 aliphatic rings. The summed E-state index contributed by atoms with van der Waals surface area (Å²) in [5.41, 5.74) is 1.98. The van der Waals surface area contributed by atoms with Crippen LogP contribution >= 0.6 is 0 Å². The Balaban J connectivity index is 1.93. The molecule has 12 heteroatoms. The van der Waals surface area contributed by atoms with Crippen LogP contribution in [-0.4, -0.2) is 55.0 Å². The van der Waals surface area contributed by atoms with Crippen molar-refractivity contribution < 1.29 is 40.7 Å². The average molecular weight is 572 g/mol. The van der Waals surface area contributed by atoms with E-state index >= 15 is 0 Å². The zero-order valence-corrected chi connectivity index (χ0v) is 22.7. The SMILES string of the molecule is Cc1ccc(S(=O)(=O)N(CCC(=O)O)C(=O)c2c3ccccc3[n+](CCCS(=O)(=O)O)c3ccccc23)cc1. The Bertz CT molecular complexity index is 1730. The van der Waals surface area contributed by atoms with Gasteiger partial charge in [0, 0.05) is 25.1 Å². The van der Waals surface area contributed by atoms with Crippen molar-refractivity contribution in [3.63, 3.8) is 0 Å².